The maximum absolute atomic E-state index is 12.9. The third-order valence-corrected chi connectivity index (χ3v) is 5.02. The Morgan fingerprint density at radius 1 is 1.26 bits per heavy atom. The van der Waals surface area contributed by atoms with Crippen LogP contribution in [0.3, 0.4) is 0 Å². The Morgan fingerprint density at radius 2 is 2.09 bits per heavy atom. The number of fused-ring (bicyclic) bond motifs is 1. The van der Waals surface area contributed by atoms with Gasteiger partial charge in [0, 0.05) is 11.3 Å². The number of rotatable bonds is 4. The molecule has 0 aliphatic carbocycles. The molecule has 23 heavy (non-hydrogen) atoms. The Kier molecular flexibility index (Phi) is 4.26. The molecule has 0 N–H and O–H groups in total. The summed E-state index contributed by atoms with van der Waals surface area (Å²) >= 11 is 1.59. The molecule has 0 saturated carbocycles. The lowest BCUT2D eigenvalue weighted by Gasteiger charge is -2.11. The summed E-state index contributed by atoms with van der Waals surface area (Å²) in [6.07, 6.45) is 1.61. The monoisotopic (exact) mass is 323 g/mol. The molecule has 116 valence electrons. The molecule has 0 atom stereocenters. The molecule has 0 aliphatic rings. The van der Waals surface area contributed by atoms with Gasteiger partial charge in [0.05, 0.1) is 23.6 Å². The molecule has 0 bridgehead atoms. The van der Waals surface area contributed by atoms with Gasteiger partial charge in [0.1, 0.15) is 10.7 Å². The van der Waals surface area contributed by atoms with Crippen molar-refractivity contribution < 1.29 is 0 Å². The van der Waals surface area contributed by atoms with E-state index in [0.717, 1.165) is 22.6 Å². The molecular formula is C18H17N3OS. The molecule has 0 spiro atoms. The fourth-order valence-corrected chi connectivity index (χ4v) is 3.61. The molecular weight excluding hydrogens is 306 g/mol. The van der Waals surface area contributed by atoms with Crippen LogP contribution in [0, 0.1) is 11.3 Å². The van der Waals surface area contributed by atoms with Crippen LogP contribution in [0.25, 0.3) is 10.2 Å². The number of nitrogens with zero attached hydrogens (tertiary/aromatic N) is 3. The lowest BCUT2D eigenvalue weighted by Crippen LogP contribution is -2.25. The third kappa shape index (κ3) is 2.90. The standard InChI is InChI=1S/C18H17N3OS/c1-3-14-9-15-17(23-14)20-16(4-2)21(18(15)22)11-13-7-5-6-12(8-13)10-19/h5-9H,3-4,11H2,1-2H3. The van der Waals surface area contributed by atoms with E-state index in [1.54, 1.807) is 22.0 Å². The molecule has 5 heteroatoms. The fourth-order valence-electron chi connectivity index (χ4n) is 2.64. The Balaban J connectivity index is 2.13. The predicted octanol–water partition coefficient (Wildman–Crippen LogP) is 3.50. The highest BCUT2D eigenvalue weighted by Crippen LogP contribution is 2.22. The van der Waals surface area contributed by atoms with E-state index in [1.807, 2.05) is 31.2 Å². The summed E-state index contributed by atoms with van der Waals surface area (Å²) in [6, 6.07) is 11.5. The van der Waals surface area contributed by atoms with E-state index < -0.39 is 0 Å². The molecule has 0 aliphatic heterocycles. The number of aromatic nitrogens is 2. The van der Waals surface area contributed by atoms with Crippen molar-refractivity contribution in [2.75, 3.05) is 0 Å². The van der Waals surface area contributed by atoms with Gasteiger partial charge in [0.2, 0.25) is 0 Å². The van der Waals surface area contributed by atoms with Gasteiger partial charge >= 0.3 is 0 Å². The fraction of sp³-hybridized carbons (Fsp3) is 0.278. The molecule has 4 nitrogen and oxygen atoms in total. The number of benzene rings is 1. The van der Waals surface area contributed by atoms with Gasteiger partial charge in [-0.1, -0.05) is 26.0 Å². The summed E-state index contributed by atoms with van der Waals surface area (Å²) < 4.78 is 1.73. The van der Waals surface area contributed by atoms with E-state index in [0.29, 0.717) is 23.9 Å². The topological polar surface area (TPSA) is 58.7 Å². The van der Waals surface area contributed by atoms with Crippen molar-refractivity contribution in [1.29, 1.82) is 5.26 Å². The van der Waals surface area contributed by atoms with Crippen molar-refractivity contribution in [3.63, 3.8) is 0 Å². The van der Waals surface area contributed by atoms with Crippen LogP contribution in [0.4, 0.5) is 0 Å². The van der Waals surface area contributed by atoms with Crippen LogP contribution in [0.1, 0.15) is 35.7 Å². The van der Waals surface area contributed by atoms with Gasteiger partial charge in [-0.2, -0.15) is 5.26 Å². The highest BCUT2D eigenvalue weighted by molar-refractivity contribution is 7.18. The Labute approximate surface area is 138 Å². The molecule has 1 aromatic carbocycles. The molecule has 0 unspecified atom stereocenters. The molecule has 0 saturated heterocycles. The normalized spacial score (nSPS) is 10.8. The molecule has 2 aromatic heterocycles. The smallest absolute Gasteiger partial charge is 0.262 e. The quantitative estimate of drug-likeness (QED) is 0.738. The first-order chi connectivity index (χ1) is 11.2. The minimum atomic E-state index is 0.00478. The third-order valence-electron chi connectivity index (χ3n) is 3.84. The van der Waals surface area contributed by atoms with Crippen LogP contribution in [0.2, 0.25) is 0 Å². The minimum absolute atomic E-state index is 0.00478. The molecule has 0 fully saturated rings. The van der Waals surface area contributed by atoms with Gasteiger partial charge in [-0.05, 0) is 30.2 Å². The van der Waals surface area contributed by atoms with E-state index in [4.69, 9.17) is 5.26 Å². The van der Waals surface area contributed by atoms with E-state index in [2.05, 4.69) is 18.0 Å². The molecule has 0 radical (unpaired) electrons. The average molecular weight is 323 g/mol. The van der Waals surface area contributed by atoms with Crippen molar-refractivity contribution in [2.45, 2.75) is 33.2 Å². The minimum Gasteiger partial charge on any atom is -0.292 e. The Hall–Kier alpha value is -2.45. The van der Waals surface area contributed by atoms with Gasteiger partial charge in [-0.25, -0.2) is 4.98 Å². The van der Waals surface area contributed by atoms with Gasteiger partial charge in [0.25, 0.3) is 5.56 Å². The van der Waals surface area contributed by atoms with Crippen LogP contribution in [-0.2, 0) is 19.4 Å². The summed E-state index contributed by atoms with van der Waals surface area (Å²) in [4.78, 5) is 19.5. The lowest BCUT2D eigenvalue weighted by atomic mass is 10.1. The van der Waals surface area contributed by atoms with E-state index in [-0.39, 0.29) is 5.56 Å². The first kappa shape index (κ1) is 15.4. The van der Waals surface area contributed by atoms with Gasteiger partial charge in [0.15, 0.2) is 0 Å². The highest BCUT2D eigenvalue weighted by atomic mass is 32.1. The summed E-state index contributed by atoms with van der Waals surface area (Å²) in [5, 5.41) is 9.72. The summed E-state index contributed by atoms with van der Waals surface area (Å²) in [5.41, 5.74) is 1.55. The predicted molar refractivity (Wildman–Crippen MR) is 92.9 cm³/mol. The maximum atomic E-state index is 12.9. The second kappa shape index (κ2) is 6.35. The first-order valence-electron chi connectivity index (χ1n) is 7.67. The maximum Gasteiger partial charge on any atom is 0.262 e. The number of nitriles is 1. The van der Waals surface area contributed by atoms with E-state index in [9.17, 15) is 4.79 Å². The Morgan fingerprint density at radius 3 is 2.78 bits per heavy atom. The first-order valence-corrected chi connectivity index (χ1v) is 8.49. The zero-order valence-electron chi connectivity index (χ0n) is 13.2. The zero-order chi connectivity index (χ0) is 16.4. The number of aryl methyl sites for hydroxylation is 2. The molecule has 2 heterocycles. The second-order valence-corrected chi connectivity index (χ2v) is 6.49. The number of hydrogen-bond acceptors (Lipinski definition) is 4. The van der Waals surface area contributed by atoms with Crippen molar-refractivity contribution >= 4 is 21.6 Å². The lowest BCUT2D eigenvalue weighted by molar-refractivity contribution is 0.687. The Bertz CT molecular complexity index is 963. The van der Waals surface area contributed by atoms with Crippen molar-refractivity contribution in [3.8, 4) is 6.07 Å². The summed E-state index contributed by atoms with van der Waals surface area (Å²) in [5.74, 6) is 0.786. The van der Waals surface area contributed by atoms with Gasteiger partial charge in [-0.15, -0.1) is 11.3 Å². The molecule has 3 rings (SSSR count). The zero-order valence-corrected chi connectivity index (χ0v) is 14.0. The van der Waals surface area contributed by atoms with Gasteiger partial charge in [-0.3, -0.25) is 9.36 Å². The second-order valence-electron chi connectivity index (χ2n) is 5.37. The summed E-state index contributed by atoms with van der Waals surface area (Å²) in [6.45, 7) is 4.53. The number of hydrogen-bond donors (Lipinski definition) is 0. The molecule has 3 aromatic rings. The highest BCUT2D eigenvalue weighted by Gasteiger charge is 2.13. The van der Waals surface area contributed by atoms with Crippen molar-refractivity contribution in [2.24, 2.45) is 0 Å². The van der Waals surface area contributed by atoms with Crippen molar-refractivity contribution in [3.05, 3.63) is 62.5 Å². The molecule has 0 amide bonds. The number of thiophene rings is 1. The largest absolute Gasteiger partial charge is 0.292 e. The van der Waals surface area contributed by atoms with Crippen LogP contribution >= 0.6 is 11.3 Å². The average Bonchev–Trinajstić information content (AvgIpc) is 3.01. The van der Waals surface area contributed by atoms with E-state index in [1.165, 1.54) is 4.88 Å². The van der Waals surface area contributed by atoms with E-state index >= 15 is 0 Å². The van der Waals surface area contributed by atoms with Crippen LogP contribution < -0.4 is 5.56 Å². The van der Waals surface area contributed by atoms with Gasteiger partial charge < -0.3 is 0 Å². The summed E-state index contributed by atoms with van der Waals surface area (Å²) in [7, 11) is 0. The SMILES string of the molecule is CCc1cc2c(=O)n(Cc3cccc(C#N)c3)c(CC)nc2s1. The van der Waals surface area contributed by atoms with Crippen LogP contribution in [0.5, 0.6) is 0 Å². The van der Waals surface area contributed by atoms with Crippen LogP contribution in [-0.4, -0.2) is 9.55 Å². The van der Waals surface area contributed by atoms with Crippen LogP contribution in [0.15, 0.2) is 35.1 Å². The van der Waals surface area contributed by atoms with Crippen molar-refractivity contribution in [1.82, 2.24) is 9.55 Å².